The summed E-state index contributed by atoms with van der Waals surface area (Å²) in [6.07, 6.45) is 0. The second-order valence-electron chi connectivity index (χ2n) is 4.86. The summed E-state index contributed by atoms with van der Waals surface area (Å²) in [5.74, 6) is -0.593. The number of anilines is 1. The zero-order valence-corrected chi connectivity index (χ0v) is 13.4. The number of nitro groups is 1. The Morgan fingerprint density at radius 1 is 1.30 bits per heavy atom. The molecule has 0 saturated carbocycles. The fourth-order valence-corrected chi connectivity index (χ4v) is 3.22. The third-order valence-electron chi connectivity index (χ3n) is 3.17. The molecule has 8 heteroatoms. The molecule has 1 heterocycles. The molecule has 0 aliphatic carbocycles. The lowest BCUT2D eigenvalue weighted by molar-refractivity contribution is -0.385. The van der Waals surface area contributed by atoms with Gasteiger partial charge >= 0.3 is 0 Å². The van der Waals surface area contributed by atoms with Crippen molar-refractivity contribution in [3.63, 3.8) is 0 Å². The van der Waals surface area contributed by atoms with Gasteiger partial charge in [0.25, 0.3) is 11.6 Å². The van der Waals surface area contributed by atoms with Gasteiger partial charge < -0.3 is 0 Å². The van der Waals surface area contributed by atoms with E-state index < -0.39 is 10.8 Å². The number of nitro benzene ring substituents is 1. The third-order valence-corrected chi connectivity index (χ3v) is 4.33. The molecule has 6 nitrogen and oxygen atoms in total. The number of thiazole rings is 1. The zero-order chi connectivity index (χ0) is 16.6. The number of rotatable bonds is 3. The maximum atomic E-state index is 12.3. The Bertz CT molecular complexity index is 939. The van der Waals surface area contributed by atoms with E-state index in [0.29, 0.717) is 5.13 Å². The zero-order valence-electron chi connectivity index (χ0n) is 11.9. The number of aryl methyl sites for hydroxylation is 1. The molecule has 0 atom stereocenters. The van der Waals surface area contributed by atoms with Gasteiger partial charge in [-0.3, -0.25) is 20.2 Å². The molecule has 0 aliphatic heterocycles. The lowest BCUT2D eigenvalue weighted by atomic mass is 10.1. The van der Waals surface area contributed by atoms with E-state index in [-0.39, 0.29) is 16.3 Å². The van der Waals surface area contributed by atoms with Crippen LogP contribution in [0.1, 0.15) is 15.9 Å². The van der Waals surface area contributed by atoms with Crippen molar-refractivity contribution in [1.29, 1.82) is 0 Å². The van der Waals surface area contributed by atoms with Crippen LogP contribution in [0.3, 0.4) is 0 Å². The molecule has 0 fully saturated rings. The largest absolute Gasteiger partial charge is 0.298 e. The van der Waals surface area contributed by atoms with Gasteiger partial charge in [-0.25, -0.2) is 4.98 Å². The minimum atomic E-state index is -0.636. The number of amides is 1. The summed E-state index contributed by atoms with van der Waals surface area (Å²) in [5.41, 5.74) is 1.45. The van der Waals surface area contributed by atoms with Crippen LogP contribution in [0.2, 0.25) is 5.02 Å². The molecule has 0 radical (unpaired) electrons. The molecule has 0 aliphatic rings. The molecule has 1 amide bonds. The van der Waals surface area contributed by atoms with Crippen molar-refractivity contribution in [1.82, 2.24) is 4.98 Å². The summed E-state index contributed by atoms with van der Waals surface area (Å²) >= 11 is 7.06. The van der Waals surface area contributed by atoms with Gasteiger partial charge in [0.1, 0.15) is 5.56 Å². The molecule has 2 aromatic carbocycles. The predicted octanol–water partition coefficient (Wildman–Crippen LogP) is 4.42. The van der Waals surface area contributed by atoms with Crippen molar-refractivity contribution >= 4 is 49.9 Å². The van der Waals surface area contributed by atoms with Crippen LogP contribution in [-0.4, -0.2) is 15.8 Å². The van der Waals surface area contributed by atoms with Crippen LogP contribution < -0.4 is 5.32 Å². The molecule has 0 spiro atoms. The third kappa shape index (κ3) is 3.15. The highest BCUT2D eigenvalue weighted by Crippen LogP contribution is 2.28. The number of carbonyl (C=O) groups is 1. The van der Waals surface area contributed by atoms with Gasteiger partial charge in [-0.2, -0.15) is 0 Å². The number of halogens is 1. The predicted molar refractivity (Wildman–Crippen MR) is 90.4 cm³/mol. The first-order chi connectivity index (χ1) is 10.9. The smallest absolute Gasteiger partial charge is 0.283 e. The van der Waals surface area contributed by atoms with Gasteiger partial charge in [0, 0.05) is 11.1 Å². The fourth-order valence-electron chi connectivity index (χ4n) is 2.10. The molecule has 3 aromatic rings. The van der Waals surface area contributed by atoms with Crippen molar-refractivity contribution in [3.8, 4) is 0 Å². The van der Waals surface area contributed by atoms with Crippen molar-refractivity contribution in [2.24, 2.45) is 0 Å². The molecule has 0 saturated heterocycles. The second-order valence-corrected chi connectivity index (χ2v) is 6.33. The van der Waals surface area contributed by atoms with E-state index in [1.54, 1.807) is 0 Å². The topological polar surface area (TPSA) is 85.1 Å². The monoisotopic (exact) mass is 347 g/mol. The first-order valence-corrected chi connectivity index (χ1v) is 7.76. The Kier molecular flexibility index (Phi) is 3.97. The summed E-state index contributed by atoms with van der Waals surface area (Å²) < 4.78 is 0.936. The van der Waals surface area contributed by atoms with E-state index in [4.69, 9.17) is 11.6 Å². The van der Waals surface area contributed by atoms with Crippen LogP contribution in [0.25, 0.3) is 10.2 Å². The molecule has 0 bridgehead atoms. The van der Waals surface area contributed by atoms with Crippen LogP contribution in [0.4, 0.5) is 10.8 Å². The Hall–Kier alpha value is -2.51. The molecule has 1 N–H and O–H groups in total. The first kappa shape index (κ1) is 15.4. The number of hydrogen-bond acceptors (Lipinski definition) is 5. The first-order valence-electron chi connectivity index (χ1n) is 6.56. The molecule has 1 aromatic heterocycles. The maximum Gasteiger partial charge on any atom is 0.283 e. The molecule has 23 heavy (non-hydrogen) atoms. The number of aromatic nitrogens is 1. The SMILES string of the molecule is Cc1ccc2nc(NC(=O)c3ccc(Cl)cc3[N+](=O)[O-])sc2c1. The van der Waals surface area contributed by atoms with Crippen LogP contribution in [-0.2, 0) is 0 Å². The average molecular weight is 348 g/mol. The Morgan fingerprint density at radius 3 is 2.83 bits per heavy atom. The average Bonchev–Trinajstić information content (AvgIpc) is 2.88. The lowest BCUT2D eigenvalue weighted by Gasteiger charge is -2.03. The van der Waals surface area contributed by atoms with Gasteiger partial charge in [0.15, 0.2) is 5.13 Å². The summed E-state index contributed by atoms with van der Waals surface area (Å²) in [6.45, 7) is 1.97. The highest BCUT2D eigenvalue weighted by Gasteiger charge is 2.21. The minimum Gasteiger partial charge on any atom is -0.298 e. The van der Waals surface area contributed by atoms with Gasteiger partial charge in [-0.1, -0.05) is 29.0 Å². The van der Waals surface area contributed by atoms with Crippen LogP contribution in [0, 0.1) is 17.0 Å². The fraction of sp³-hybridized carbons (Fsp3) is 0.0667. The molecular weight excluding hydrogens is 338 g/mol. The normalized spacial score (nSPS) is 10.7. The summed E-state index contributed by atoms with van der Waals surface area (Å²) in [6, 6.07) is 9.67. The van der Waals surface area contributed by atoms with Gasteiger partial charge in [0.05, 0.1) is 15.1 Å². The Morgan fingerprint density at radius 2 is 2.09 bits per heavy atom. The van der Waals surface area contributed by atoms with Crippen LogP contribution in [0.5, 0.6) is 0 Å². The summed E-state index contributed by atoms with van der Waals surface area (Å²) in [4.78, 5) is 27.0. The van der Waals surface area contributed by atoms with Crippen LogP contribution >= 0.6 is 22.9 Å². The van der Waals surface area contributed by atoms with E-state index in [0.717, 1.165) is 21.8 Å². The number of nitrogens with zero attached hydrogens (tertiary/aromatic N) is 2. The van der Waals surface area contributed by atoms with Crippen LogP contribution in [0.15, 0.2) is 36.4 Å². The Balaban J connectivity index is 1.93. The standard InChI is InChI=1S/C15H10ClN3O3S/c1-8-2-5-11-13(6-8)23-15(17-11)18-14(20)10-4-3-9(16)7-12(10)19(21)22/h2-7H,1H3,(H,17,18,20). The summed E-state index contributed by atoms with van der Waals surface area (Å²) in [5, 5.41) is 14.3. The number of hydrogen-bond donors (Lipinski definition) is 1. The Labute approximate surface area is 139 Å². The second kappa shape index (κ2) is 5.94. The quantitative estimate of drug-likeness (QED) is 0.561. The van der Waals surface area contributed by atoms with Crippen molar-refractivity contribution < 1.29 is 9.72 Å². The molecule has 0 unspecified atom stereocenters. The van der Waals surface area contributed by atoms with Gasteiger partial charge in [-0.15, -0.1) is 0 Å². The van der Waals surface area contributed by atoms with E-state index in [1.165, 1.54) is 23.5 Å². The van der Waals surface area contributed by atoms with Crippen molar-refractivity contribution in [2.45, 2.75) is 6.92 Å². The maximum absolute atomic E-state index is 12.3. The van der Waals surface area contributed by atoms with E-state index in [2.05, 4.69) is 10.3 Å². The van der Waals surface area contributed by atoms with Gasteiger partial charge in [-0.05, 0) is 36.8 Å². The number of carbonyl (C=O) groups excluding carboxylic acids is 1. The van der Waals surface area contributed by atoms with Crippen molar-refractivity contribution in [2.75, 3.05) is 5.32 Å². The van der Waals surface area contributed by atoms with E-state index in [9.17, 15) is 14.9 Å². The van der Waals surface area contributed by atoms with E-state index in [1.807, 2.05) is 25.1 Å². The molecular formula is C15H10ClN3O3S. The number of nitrogens with one attached hydrogen (secondary N) is 1. The van der Waals surface area contributed by atoms with Crippen molar-refractivity contribution in [3.05, 3.63) is 62.7 Å². The molecule has 116 valence electrons. The molecule has 3 rings (SSSR count). The van der Waals surface area contributed by atoms with Gasteiger partial charge in [0.2, 0.25) is 0 Å². The summed E-state index contributed by atoms with van der Waals surface area (Å²) in [7, 11) is 0. The van der Waals surface area contributed by atoms with E-state index >= 15 is 0 Å². The highest BCUT2D eigenvalue weighted by molar-refractivity contribution is 7.22. The highest BCUT2D eigenvalue weighted by atomic mass is 35.5. The number of benzene rings is 2. The minimum absolute atomic E-state index is 0.0603. The lowest BCUT2D eigenvalue weighted by Crippen LogP contribution is -2.13. The number of fused-ring (bicyclic) bond motifs is 1.